The first kappa shape index (κ1) is 13.8. The summed E-state index contributed by atoms with van der Waals surface area (Å²) in [4.78, 5) is 10.9. The summed E-state index contributed by atoms with van der Waals surface area (Å²) in [5, 5.41) is 8.89. The monoisotopic (exact) mass is 277 g/mol. The summed E-state index contributed by atoms with van der Waals surface area (Å²) >= 11 is 5.36. The van der Waals surface area contributed by atoms with Gasteiger partial charge in [-0.3, -0.25) is 4.72 Å². The molecule has 0 unspecified atom stereocenters. The number of carbonyl (C=O) groups is 1. The van der Waals surface area contributed by atoms with Crippen molar-refractivity contribution in [1.29, 1.82) is 0 Å². The predicted octanol–water partition coefficient (Wildman–Crippen LogP) is 1.67. The van der Waals surface area contributed by atoms with E-state index in [4.69, 9.17) is 16.7 Å². The summed E-state index contributed by atoms with van der Waals surface area (Å²) in [5.74, 6) is -1.33. The molecule has 1 aromatic rings. The van der Waals surface area contributed by atoms with Crippen molar-refractivity contribution in [3.63, 3.8) is 0 Å². The van der Waals surface area contributed by atoms with Gasteiger partial charge in [-0.25, -0.2) is 13.2 Å². The van der Waals surface area contributed by atoms with Gasteiger partial charge in [0.05, 0.1) is 17.0 Å². The molecule has 0 saturated carbocycles. The van der Waals surface area contributed by atoms with Crippen molar-refractivity contribution < 1.29 is 18.3 Å². The van der Waals surface area contributed by atoms with Crippen LogP contribution >= 0.6 is 11.6 Å². The molecular formula is C10H12ClNO4S. The van der Waals surface area contributed by atoms with Gasteiger partial charge >= 0.3 is 5.97 Å². The molecule has 94 valence electrons. The van der Waals surface area contributed by atoms with Crippen molar-refractivity contribution in [2.75, 3.05) is 16.4 Å². The summed E-state index contributed by atoms with van der Waals surface area (Å²) in [6, 6.07) is 4.40. The Kier molecular flexibility index (Phi) is 4.36. The van der Waals surface area contributed by atoms with Gasteiger partial charge in [-0.05, 0) is 24.6 Å². The first-order valence-corrected chi connectivity index (χ1v) is 6.95. The van der Waals surface area contributed by atoms with E-state index in [0.717, 1.165) is 0 Å². The van der Waals surface area contributed by atoms with Gasteiger partial charge < -0.3 is 5.11 Å². The van der Waals surface area contributed by atoms with Crippen LogP contribution in [-0.4, -0.2) is 31.1 Å². The molecule has 0 bridgehead atoms. The quantitative estimate of drug-likeness (QED) is 0.802. The Morgan fingerprint density at radius 3 is 2.65 bits per heavy atom. The number of sulfonamides is 1. The van der Waals surface area contributed by atoms with E-state index < -0.39 is 16.0 Å². The maximum absolute atomic E-state index is 11.5. The third-order valence-corrected chi connectivity index (χ3v) is 3.86. The van der Waals surface area contributed by atoms with Gasteiger partial charge in [-0.2, -0.15) is 0 Å². The summed E-state index contributed by atoms with van der Waals surface area (Å²) < 4.78 is 25.3. The Labute approximate surface area is 104 Å². The van der Waals surface area contributed by atoms with Crippen LogP contribution in [-0.2, 0) is 10.0 Å². The molecule has 0 aliphatic rings. The molecule has 1 aromatic carbocycles. The molecule has 0 saturated heterocycles. The number of hydrogen-bond donors (Lipinski definition) is 2. The van der Waals surface area contributed by atoms with Gasteiger partial charge in [0.2, 0.25) is 10.0 Å². The first-order chi connectivity index (χ1) is 7.87. The molecule has 2 N–H and O–H groups in total. The van der Waals surface area contributed by atoms with Crippen LogP contribution in [0.4, 0.5) is 5.69 Å². The van der Waals surface area contributed by atoms with Crippen LogP contribution in [0.15, 0.2) is 18.2 Å². The van der Waals surface area contributed by atoms with E-state index >= 15 is 0 Å². The van der Waals surface area contributed by atoms with Gasteiger partial charge in [-0.15, -0.1) is 11.6 Å². The number of anilines is 1. The van der Waals surface area contributed by atoms with E-state index in [-0.39, 0.29) is 22.9 Å². The summed E-state index contributed by atoms with van der Waals surface area (Å²) in [6.45, 7) is 1.54. The van der Waals surface area contributed by atoms with Crippen LogP contribution < -0.4 is 4.72 Å². The SMILES string of the molecule is Cc1c(NS(=O)(=O)CCCl)cccc1C(=O)O. The molecule has 0 aliphatic heterocycles. The molecule has 5 nitrogen and oxygen atoms in total. The van der Waals surface area contributed by atoms with Crippen LogP contribution in [0.25, 0.3) is 0 Å². The third kappa shape index (κ3) is 3.61. The molecule has 0 aliphatic carbocycles. The zero-order chi connectivity index (χ0) is 13.1. The van der Waals surface area contributed by atoms with E-state index in [9.17, 15) is 13.2 Å². The van der Waals surface area contributed by atoms with Gasteiger partial charge in [0.1, 0.15) is 0 Å². The number of carboxylic acids is 1. The number of carboxylic acid groups (broad SMARTS) is 1. The smallest absolute Gasteiger partial charge is 0.336 e. The molecule has 0 radical (unpaired) electrons. The molecule has 7 heteroatoms. The van der Waals surface area contributed by atoms with Crippen LogP contribution in [0, 0.1) is 6.92 Å². The highest BCUT2D eigenvalue weighted by Crippen LogP contribution is 2.20. The van der Waals surface area contributed by atoms with E-state index in [2.05, 4.69) is 4.72 Å². The fourth-order valence-electron chi connectivity index (χ4n) is 1.30. The van der Waals surface area contributed by atoms with Crippen LogP contribution in [0.1, 0.15) is 15.9 Å². The Morgan fingerprint density at radius 2 is 2.12 bits per heavy atom. The number of rotatable bonds is 5. The zero-order valence-corrected chi connectivity index (χ0v) is 10.7. The zero-order valence-electron chi connectivity index (χ0n) is 9.10. The maximum atomic E-state index is 11.5. The van der Waals surface area contributed by atoms with Crippen molar-refractivity contribution >= 4 is 33.3 Å². The summed E-state index contributed by atoms with van der Waals surface area (Å²) in [7, 11) is -3.52. The number of hydrogen-bond acceptors (Lipinski definition) is 3. The molecule has 0 heterocycles. The average molecular weight is 278 g/mol. The summed E-state index contributed by atoms with van der Waals surface area (Å²) in [6.07, 6.45) is 0. The van der Waals surface area contributed by atoms with Gasteiger partial charge in [-0.1, -0.05) is 6.07 Å². The van der Waals surface area contributed by atoms with E-state index in [1.54, 1.807) is 6.92 Å². The van der Waals surface area contributed by atoms with Crippen LogP contribution in [0.5, 0.6) is 0 Å². The van der Waals surface area contributed by atoms with E-state index in [1.165, 1.54) is 18.2 Å². The van der Waals surface area contributed by atoms with Crippen LogP contribution in [0.2, 0.25) is 0 Å². The average Bonchev–Trinajstić information content (AvgIpc) is 2.20. The third-order valence-electron chi connectivity index (χ3n) is 2.18. The highest BCUT2D eigenvalue weighted by atomic mass is 35.5. The second-order valence-corrected chi connectivity index (χ2v) is 5.61. The molecule has 0 amide bonds. The van der Waals surface area contributed by atoms with Crippen molar-refractivity contribution in [1.82, 2.24) is 0 Å². The normalized spacial score (nSPS) is 11.2. The number of nitrogens with one attached hydrogen (secondary N) is 1. The number of halogens is 1. The lowest BCUT2D eigenvalue weighted by atomic mass is 10.1. The largest absolute Gasteiger partial charge is 0.478 e. The van der Waals surface area contributed by atoms with Crippen molar-refractivity contribution in [3.05, 3.63) is 29.3 Å². The van der Waals surface area contributed by atoms with Crippen molar-refractivity contribution in [2.24, 2.45) is 0 Å². The van der Waals surface area contributed by atoms with Crippen molar-refractivity contribution in [3.8, 4) is 0 Å². The molecule has 0 atom stereocenters. The molecule has 0 fully saturated rings. The minimum atomic E-state index is -3.52. The lowest BCUT2D eigenvalue weighted by molar-refractivity contribution is 0.0696. The molecule has 0 spiro atoms. The highest BCUT2D eigenvalue weighted by Gasteiger charge is 2.14. The minimum absolute atomic E-state index is 0.0208. The standard InChI is InChI=1S/C10H12ClNO4S/c1-7-8(10(13)14)3-2-4-9(7)12-17(15,16)6-5-11/h2-4,12H,5-6H2,1H3,(H,13,14). The Morgan fingerprint density at radius 1 is 1.47 bits per heavy atom. The second-order valence-electron chi connectivity index (χ2n) is 3.39. The Bertz CT molecular complexity index is 527. The number of benzene rings is 1. The van der Waals surface area contributed by atoms with Gasteiger partial charge in [0.25, 0.3) is 0 Å². The molecular weight excluding hydrogens is 266 g/mol. The molecule has 0 aromatic heterocycles. The second kappa shape index (κ2) is 5.37. The summed E-state index contributed by atoms with van der Waals surface area (Å²) in [5.41, 5.74) is 0.698. The maximum Gasteiger partial charge on any atom is 0.336 e. The highest BCUT2D eigenvalue weighted by molar-refractivity contribution is 7.92. The molecule has 1 rings (SSSR count). The number of aromatic carboxylic acids is 1. The fourth-order valence-corrected chi connectivity index (χ4v) is 2.77. The lowest BCUT2D eigenvalue weighted by Gasteiger charge is -2.11. The Hall–Kier alpha value is -1.27. The van der Waals surface area contributed by atoms with Crippen LogP contribution in [0.3, 0.4) is 0 Å². The Balaban J connectivity index is 3.09. The minimum Gasteiger partial charge on any atom is -0.478 e. The van der Waals surface area contributed by atoms with Gasteiger partial charge in [0.15, 0.2) is 0 Å². The van der Waals surface area contributed by atoms with Gasteiger partial charge in [0, 0.05) is 5.88 Å². The lowest BCUT2D eigenvalue weighted by Crippen LogP contribution is -2.18. The predicted molar refractivity (Wildman–Crippen MR) is 66.3 cm³/mol. The van der Waals surface area contributed by atoms with E-state index in [1.807, 2.05) is 0 Å². The first-order valence-electron chi connectivity index (χ1n) is 4.77. The van der Waals surface area contributed by atoms with E-state index in [0.29, 0.717) is 5.56 Å². The topological polar surface area (TPSA) is 83.5 Å². The van der Waals surface area contributed by atoms with Crippen molar-refractivity contribution in [2.45, 2.75) is 6.92 Å². The fraction of sp³-hybridized carbons (Fsp3) is 0.300. The number of alkyl halides is 1. The molecule has 17 heavy (non-hydrogen) atoms.